The quantitative estimate of drug-likeness (QED) is 0.292. The predicted molar refractivity (Wildman–Crippen MR) is 54.5 cm³/mol. The Kier molecular flexibility index (Phi) is 5.60. The molecular weight excluding hydrogens is 206 g/mol. The van der Waals surface area contributed by atoms with Crippen molar-refractivity contribution in [2.45, 2.75) is 31.7 Å². The number of alkyl halides is 2. The number of esters is 1. The maximum Gasteiger partial charge on any atom is 0.333 e. The second kappa shape index (κ2) is 5.90. The summed E-state index contributed by atoms with van der Waals surface area (Å²) in [6.07, 6.45) is 0.765. The van der Waals surface area contributed by atoms with Gasteiger partial charge >= 0.3 is 5.97 Å². The number of unbranched alkanes of at least 4 members (excludes halogenated alkanes) is 1. The van der Waals surface area contributed by atoms with E-state index in [-0.39, 0.29) is 23.3 Å². The Morgan fingerprint density at radius 2 is 2.07 bits per heavy atom. The molecule has 0 amide bonds. The molecule has 0 rings (SSSR count). The zero-order valence-corrected chi connectivity index (χ0v) is 10.6. The zero-order valence-electron chi connectivity index (χ0n) is 8.61. The molecule has 2 nitrogen and oxygen atoms in total. The van der Waals surface area contributed by atoms with E-state index in [1.165, 1.54) is 0 Å². The van der Waals surface area contributed by atoms with Gasteiger partial charge in [-0.2, -0.15) is 0 Å². The van der Waals surface area contributed by atoms with Crippen LogP contribution in [0.2, 0.25) is 0 Å². The van der Waals surface area contributed by atoms with Crippen molar-refractivity contribution < 1.29 is 18.3 Å². The van der Waals surface area contributed by atoms with Crippen LogP contribution in [0.25, 0.3) is 0 Å². The highest BCUT2D eigenvalue weighted by atomic mass is 28.1. The molecule has 5 heteroatoms. The number of ether oxygens (including phenoxy) is 1. The molecule has 0 radical (unpaired) electrons. The van der Waals surface area contributed by atoms with E-state index in [9.17, 15) is 13.6 Å². The molecule has 0 saturated carbocycles. The predicted octanol–water partition coefficient (Wildman–Crippen LogP) is 1.23. The molecule has 0 aliphatic rings. The minimum absolute atomic E-state index is 0.107. The van der Waals surface area contributed by atoms with Gasteiger partial charge in [-0.25, -0.2) is 13.6 Å². The summed E-state index contributed by atoms with van der Waals surface area (Å²) in [5.74, 6) is -0.456. The fraction of sp³-hybridized carbons (Fsp3) is 0.667. The Bertz CT molecular complexity index is 211. The molecule has 0 bridgehead atoms. The minimum atomic E-state index is -2.49. The molecule has 0 fully saturated rings. The van der Waals surface area contributed by atoms with E-state index in [0.717, 1.165) is 0 Å². The maximum atomic E-state index is 12.4. The maximum absolute atomic E-state index is 12.4. The van der Waals surface area contributed by atoms with Crippen molar-refractivity contribution in [1.82, 2.24) is 0 Å². The van der Waals surface area contributed by atoms with Crippen LogP contribution in [-0.4, -0.2) is 28.4 Å². The topological polar surface area (TPSA) is 26.3 Å². The van der Waals surface area contributed by atoms with Gasteiger partial charge in [-0.15, -0.1) is 0 Å². The molecule has 0 aromatic heterocycles. The molecule has 82 valence electrons. The highest BCUT2D eigenvalue weighted by Crippen LogP contribution is 2.16. The summed E-state index contributed by atoms with van der Waals surface area (Å²) in [6, 6.07) is 0. The first-order chi connectivity index (χ1) is 6.33. The third kappa shape index (κ3) is 7.91. The number of carbonyl (C=O) groups excluding carboxylic acids is 1. The van der Waals surface area contributed by atoms with Gasteiger partial charge in [0.1, 0.15) is 0 Å². The summed E-state index contributed by atoms with van der Waals surface area (Å²) >= 11 is 0. The number of hydrogen-bond donors (Lipinski definition) is 0. The fourth-order valence-corrected chi connectivity index (χ4v) is 1.18. The second-order valence-electron chi connectivity index (χ2n) is 3.44. The van der Waals surface area contributed by atoms with Crippen LogP contribution in [0, 0.1) is 0 Å². The molecule has 0 saturated heterocycles. The van der Waals surface area contributed by atoms with Gasteiger partial charge in [-0.1, -0.05) is 6.58 Å². The van der Waals surface area contributed by atoms with Gasteiger partial charge in [0.05, 0.1) is 16.8 Å². The van der Waals surface area contributed by atoms with E-state index in [2.05, 4.69) is 6.58 Å². The Morgan fingerprint density at radius 3 is 2.50 bits per heavy atom. The van der Waals surface area contributed by atoms with E-state index in [0.29, 0.717) is 18.4 Å². The van der Waals surface area contributed by atoms with Crippen molar-refractivity contribution in [2.24, 2.45) is 0 Å². The highest BCUT2D eigenvalue weighted by Gasteiger charge is 2.19. The zero-order chi connectivity index (χ0) is 11.2. The van der Waals surface area contributed by atoms with Crippen LogP contribution < -0.4 is 0 Å². The molecule has 0 aromatic carbocycles. The van der Waals surface area contributed by atoms with Crippen molar-refractivity contribution in [2.75, 3.05) is 6.61 Å². The van der Waals surface area contributed by atoms with Crippen molar-refractivity contribution in [3.63, 3.8) is 0 Å². The third-order valence-corrected chi connectivity index (χ3v) is 2.09. The SMILES string of the molecule is C=C(C)C(=O)OCCCCC(F)(F)[SiH3]. The van der Waals surface area contributed by atoms with Gasteiger partial charge in [0, 0.05) is 12.0 Å². The monoisotopic (exact) mass is 222 g/mol. The molecule has 0 atom stereocenters. The van der Waals surface area contributed by atoms with Gasteiger partial charge in [0.25, 0.3) is 0 Å². The number of rotatable bonds is 6. The number of hydrogen-bond acceptors (Lipinski definition) is 2. The van der Waals surface area contributed by atoms with Crippen molar-refractivity contribution in [3.05, 3.63) is 12.2 Å². The molecule has 0 N–H and O–H groups in total. The van der Waals surface area contributed by atoms with Gasteiger partial charge in [-0.3, -0.25) is 0 Å². The lowest BCUT2D eigenvalue weighted by atomic mass is 10.2. The van der Waals surface area contributed by atoms with Crippen LogP contribution in [0.1, 0.15) is 26.2 Å². The van der Waals surface area contributed by atoms with E-state index >= 15 is 0 Å². The van der Waals surface area contributed by atoms with E-state index < -0.39 is 11.5 Å². The minimum Gasteiger partial charge on any atom is -0.462 e. The summed E-state index contributed by atoms with van der Waals surface area (Å²) in [5, 5.41) is 0. The first-order valence-corrected chi connectivity index (χ1v) is 5.53. The molecule has 0 unspecified atom stereocenters. The van der Waals surface area contributed by atoms with Crippen LogP contribution in [0.5, 0.6) is 0 Å². The van der Waals surface area contributed by atoms with E-state index in [4.69, 9.17) is 4.74 Å². The molecular formula is C9H16F2O2Si. The second-order valence-corrected chi connectivity index (χ2v) is 4.91. The lowest BCUT2D eigenvalue weighted by Crippen LogP contribution is -2.15. The Morgan fingerprint density at radius 1 is 1.50 bits per heavy atom. The average Bonchev–Trinajstić information content (AvgIpc) is 2.01. The summed E-state index contributed by atoms with van der Waals surface area (Å²) in [6.45, 7) is 5.15. The fourth-order valence-electron chi connectivity index (χ4n) is 0.826. The summed E-state index contributed by atoms with van der Waals surface area (Å²) < 4.78 is 29.5. The van der Waals surface area contributed by atoms with Crippen molar-refractivity contribution in [1.29, 1.82) is 0 Å². The van der Waals surface area contributed by atoms with Gasteiger partial charge in [0.2, 0.25) is 5.55 Å². The smallest absolute Gasteiger partial charge is 0.333 e. The van der Waals surface area contributed by atoms with E-state index in [1.54, 1.807) is 6.92 Å². The number of carbonyl (C=O) groups is 1. The van der Waals surface area contributed by atoms with Crippen LogP contribution in [0.4, 0.5) is 8.78 Å². The average molecular weight is 222 g/mol. The number of halogens is 2. The lowest BCUT2D eigenvalue weighted by molar-refractivity contribution is -0.139. The van der Waals surface area contributed by atoms with Gasteiger partial charge in [0.15, 0.2) is 0 Å². The summed E-state index contributed by atoms with van der Waals surface area (Å²) in [4.78, 5) is 10.8. The standard InChI is InChI=1S/C9H16F2O2Si/c1-7(2)8(12)13-6-4-3-5-9(10,11)14/h1,3-6H2,2,14H3. The lowest BCUT2D eigenvalue weighted by Gasteiger charge is -2.09. The van der Waals surface area contributed by atoms with Gasteiger partial charge in [-0.05, 0) is 19.8 Å². The Labute approximate surface area is 85.7 Å². The molecule has 0 aromatic rings. The van der Waals surface area contributed by atoms with Crippen LogP contribution in [0.15, 0.2) is 12.2 Å². The first-order valence-electron chi connectivity index (χ1n) is 4.53. The van der Waals surface area contributed by atoms with Crippen LogP contribution in [0.3, 0.4) is 0 Å². The third-order valence-electron chi connectivity index (χ3n) is 1.59. The summed E-state index contributed by atoms with van der Waals surface area (Å²) in [7, 11) is -0.115. The van der Waals surface area contributed by atoms with Crippen LogP contribution >= 0.6 is 0 Å². The van der Waals surface area contributed by atoms with E-state index in [1.807, 2.05) is 0 Å². The molecule has 0 heterocycles. The molecule has 0 spiro atoms. The van der Waals surface area contributed by atoms with Crippen molar-refractivity contribution in [3.8, 4) is 0 Å². The Hall–Kier alpha value is -0.713. The largest absolute Gasteiger partial charge is 0.462 e. The summed E-state index contributed by atoms with van der Waals surface area (Å²) in [5.41, 5.74) is -2.16. The molecule has 14 heavy (non-hydrogen) atoms. The van der Waals surface area contributed by atoms with Gasteiger partial charge < -0.3 is 4.74 Å². The Balaban J connectivity index is 3.39. The first kappa shape index (κ1) is 13.3. The molecule has 0 aliphatic heterocycles. The van der Waals surface area contributed by atoms with Crippen molar-refractivity contribution >= 4 is 16.2 Å². The molecule has 0 aliphatic carbocycles. The highest BCUT2D eigenvalue weighted by molar-refractivity contribution is 6.13. The van der Waals surface area contributed by atoms with Crippen LogP contribution in [-0.2, 0) is 9.53 Å². The normalized spacial score (nSPS) is 11.4.